The second-order valence-corrected chi connectivity index (χ2v) is 6.63. The van der Waals surface area contributed by atoms with Gasteiger partial charge in [-0.25, -0.2) is 4.79 Å². The van der Waals surface area contributed by atoms with Crippen LogP contribution in [0.2, 0.25) is 0 Å². The number of anilines is 1. The summed E-state index contributed by atoms with van der Waals surface area (Å²) in [6.07, 6.45) is 6.61. The molecule has 0 saturated heterocycles. The first kappa shape index (κ1) is 19.5. The normalized spacial score (nSPS) is 10.6. The van der Waals surface area contributed by atoms with Crippen LogP contribution >= 0.6 is 0 Å². The number of aromatic nitrogens is 2. The van der Waals surface area contributed by atoms with Crippen molar-refractivity contribution in [3.63, 3.8) is 0 Å². The van der Waals surface area contributed by atoms with E-state index in [1.165, 1.54) is 14.7 Å². The minimum Gasteiger partial charge on any atom is -0.497 e. The Balaban J connectivity index is 1.64. The molecule has 1 heterocycles. The maximum atomic E-state index is 12.6. The molecule has 6 nitrogen and oxygen atoms in total. The standard InChI is InChI=1S/C22H25N3O3/c1-3-4-5-17-6-8-18(9-7-17)23-21(26)16-24-14-15-25(22(24)27)19-10-12-20(28-2)13-11-19/h6-15H,3-5,16H2,1-2H3,(H,23,26). The van der Waals surface area contributed by atoms with Crippen molar-refractivity contribution in [3.05, 3.63) is 77.0 Å². The summed E-state index contributed by atoms with van der Waals surface area (Å²) in [4.78, 5) is 24.9. The van der Waals surface area contributed by atoms with Crippen molar-refractivity contribution in [3.8, 4) is 11.4 Å². The minimum atomic E-state index is -0.268. The maximum absolute atomic E-state index is 12.6. The number of methoxy groups -OCH3 is 1. The van der Waals surface area contributed by atoms with Crippen LogP contribution in [0.5, 0.6) is 5.75 Å². The summed E-state index contributed by atoms with van der Waals surface area (Å²) in [6.45, 7) is 2.12. The highest BCUT2D eigenvalue weighted by Gasteiger charge is 2.10. The van der Waals surface area contributed by atoms with Crippen molar-refractivity contribution in [1.29, 1.82) is 0 Å². The molecule has 3 rings (SSSR count). The van der Waals surface area contributed by atoms with E-state index in [4.69, 9.17) is 4.74 Å². The first-order chi connectivity index (χ1) is 13.6. The minimum absolute atomic E-state index is 0.0421. The fourth-order valence-corrected chi connectivity index (χ4v) is 2.96. The third kappa shape index (κ3) is 4.71. The molecule has 0 unspecified atom stereocenters. The zero-order valence-electron chi connectivity index (χ0n) is 16.2. The Morgan fingerprint density at radius 3 is 2.39 bits per heavy atom. The van der Waals surface area contributed by atoms with Crippen LogP contribution < -0.4 is 15.7 Å². The molecule has 28 heavy (non-hydrogen) atoms. The van der Waals surface area contributed by atoms with Crippen LogP contribution in [0.1, 0.15) is 25.3 Å². The molecule has 1 N–H and O–H groups in total. The number of carbonyl (C=O) groups is 1. The molecule has 0 atom stereocenters. The number of nitrogens with one attached hydrogen (secondary N) is 1. The van der Waals surface area contributed by atoms with E-state index in [9.17, 15) is 9.59 Å². The molecular formula is C22H25N3O3. The highest BCUT2D eigenvalue weighted by Crippen LogP contribution is 2.14. The predicted octanol–water partition coefficient (Wildman–Crippen LogP) is 3.63. The fraction of sp³-hybridized carbons (Fsp3) is 0.273. The van der Waals surface area contributed by atoms with E-state index in [-0.39, 0.29) is 18.1 Å². The molecule has 1 aromatic heterocycles. The van der Waals surface area contributed by atoms with Crippen molar-refractivity contribution in [2.45, 2.75) is 32.7 Å². The zero-order valence-corrected chi connectivity index (χ0v) is 16.2. The van der Waals surface area contributed by atoms with Crippen molar-refractivity contribution >= 4 is 11.6 Å². The largest absolute Gasteiger partial charge is 0.497 e. The first-order valence-electron chi connectivity index (χ1n) is 9.41. The van der Waals surface area contributed by atoms with Gasteiger partial charge in [0.25, 0.3) is 0 Å². The summed E-state index contributed by atoms with van der Waals surface area (Å²) in [6, 6.07) is 15.0. The van der Waals surface area contributed by atoms with Gasteiger partial charge in [0.1, 0.15) is 12.3 Å². The van der Waals surface area contributed by atoms with E-state index >= 15 is 0 Å². The molecule has 0 spiro atoms. The third-order valence-electron chi connectivity index (χ3n) is 4.57. The molecule has 6 heteroatoms. The molecule has 0 fully saturated rings. The summed E-state index contributed by atoms with van der Waals surface area (Å²) in [5.74, 6) is 0.479. The van der Waals surface area contributed by atoms with Crippen molar-refractivity contribution < 1.29 is 9.53 Å². The van der Waals surface area contributed by atoms with E-state index < -0.39 is 0 Å². The van der Waals surface area contributed by atoms with Crippen LogP contribution in [-0.2, 0) is 17.8 Å². The zero-order chi connectivity index (χ0) is 19.9. The second-order valence-electron chi connectivity index (χ2n) is 6.63. The lowest BCUT2D eigenvalue weighted by molar-refractivity contribution is -0.116. The average Bonchev–Trinajstić information content (AvgIpc) is 3.07. The number of hydrogen-bond acceptors (Lipinski definition) is 3. The number of ether oxygens (including phenoxy) is 1. The Labute approximate surface area is 164 Å². The number of carbonyl (C=O) groups excluding carboxylic acids is 1. The number of imidazole rings is 1. The van der Waals surface area contributed by atoms with Gasteiger partial charge in [-0.3, -0.25) is 13.9 Å². The number of amides is 1. The Hall–Kier alpha value is -3.28. The van der Waals surface area contributed by atoms with Crippen LogP contribution in [0.25, 0.3) is 5.69 Å². The predicted molar refractivity (Wildman–Crippen MR) is 110 cm³/mol. The second kappa shape index (κ2) is 9.08. The van der Waals surface area contributed by atoms with Crippen LogP contribution in [0, 0.1) is 0 Å². The van der Waals surface area contributed by atoms with E-state index in [0.717, 1.165) is 30.7 Å². The maximum Gasteiger partial charge on any atom is 0.333 e. The lowest BCUT2D eigenvalue weighted by Gasteiger charge is -2.07. The number of rotatable bonds is 8. The Kier molecular flexibility index (Phi) is 6.32. The molecule has 1 amide bonds. The van der Waals surface area contributed by atoms with Gasteiger partial charge in [-0.05, 0) is 54.8 Å². The smallest absolute Gasteiger partial charge is 0.333 e. The average molecular weight is 379 g/mol. The van der Waals surface area contributed by atoms with Gasteiger partial charge >= 0.3 is 5.69 Å². The molecule has 0 aliphatic rings. The highest BCUT2D eigenvalue weighted by atomic mass is 16.5. The third-order valence-corrected chi connectivity index (χ3v) is 4.57. The quantitative estimate of drug-likeness (QED) is 0.650. The van der Waals surface area contributed by atoms with E-state index in [0.29, 0.717) is 5.69 Å². The lowest BCUT2D eigenvalue weighted by Crippen LogP contribution is -2.28. The highest BCUT2D eigenvalue weighted by molar-refractivity contribution is 5.90. The topological polar surface area (TPSA) is 65.3 Å². The number of nitrogens with zero attached hydrogens (tertiary/aromatic N) is 2. The van der Waals surface area contributed by atoms with Crippen molar-refractivity contribution in [2.24, 2.45) is 0 Å². The van der Waals surface area contributed by atoms with Crippen LogP contribution in [0.4, 0.5) is 5.69 Å². The number of unbranched alkanes of at least 4 members (excludes halogenated alkanes) is 1. The Bertz CT molecular complexity index is 970. The van der Waals surface area contributed by atoms with Crippen LogP contribution in [-0.4, -0.2) is 22.2 Å². The van der Waals surface area contributed by atoms with E-state index in [1.807, 2.05) is 24.3 Å². The number of hydrogen-bond donors (Lipinski definition) is 1. The van der Waals surface area contributed by atoms with Crippen LogP contribution in [0.15, 0.2) is 65.7 Å². The van der Waals surface area contributed by atoms with E-state index in [1.54, 1.807) is 43.8 Å². The summed E-state index contributed by atoms with van der Waals surface area (Å²) in [7, 11) is 1.59. The van der Waals surface area contributed by atoms with Gasteiger partial charge < -0.3 is 10.1 Å². The molecule has 3 aromatic rings. The molecule has 0 radical (unpaired) electrons. The number of benzene rings is 2. The number of aryl methyl sites for hydroxylation is 1. The van der Waals surface area contributed by atoms with Gasteiger partial charge in [0.05, 0.1) is 12.8 Å². The van der Waals surface area contributed by atoms with Gasteiger partial charge in [-0.2, -0.15) is 0 Å². The summed E-state index contributed by atoms with van der Waals surface area (Å²) in [5, 5.41) is 2.84. The van der Waals surface area contributed by atoms with Gasteiger partial charge in [0.15, 0.2) is 0 Å². The van der Waals surface area contributed by atoms with Crippen LogP contribution in [0.3, 0.4) is 0 Å². The summed E-state index contributed by atoms with van der Waals surface area (Å²) in [5.41, 5.74) is 2.43. The molecule has 0 saturated carbocycles. The fourth-order valence-electron chi connectivity index (χ4n) is 2.96. The van der Waals surface area contributed by atoms with E-state index in [2.05, 4.69) is 12.2 Å². The first-order valence-corrected chi connectivity index (χ1v) is 9.41. The van der Waals surface area contributed by atoms with Crippen molar-refractivity contribution in [1.82, 2.24) is 9.13 Å². The molecular weight excluding hydrogens is 354 g/mol. The SMILES string of the molecule is CCCCc1ccc(NC(=O)Cn2ccn(-c3ccc(OC)cc3)c2=O)cc1. The van der Waals surface area contributed by atoms with Gasteiger partial charge in [0, 0.05) is 18.1 Å². The monoisotopic (exact) mass is 379 g/mol. The summed E-state index contributed by atoms with van der Waals surface area (Å²) < 4.78 is 8.01. The summed E-state index contributed by atoms with van der Waals surface area (Å²) >= 11 is 0. The molecule has 0 aliphatic heterocycles. The molecule has 146 valence electrons. The molecule has 2 aromatic carbocycles. The van der Waals surface area contributed by atoms with Gasteiger partial charge in [-0.15, -0.1) is 0 Å². The Morgan fingerprint density at radius 2 is 1.75 bits per heavy atom. The molecule has 0 bridgehead atoms. The molecule has 0 aliphatic carbocycles. The van der Waals surface area contributed by atoms with Gasteiger partial charge in [0.2, 0.25) is 5.91 Å². The lowest BCUT2D eigenvalue weighted by atomic mass is 10.1. The Morgan fingerprint density at radius 1 is 1.04 bits per heavy atom. The van der Waals surface area contributed by atoms with Gasteiger partial charge in [-0.1, -0.05) is 25.5 Å². The van der Waals surface area contributed by atoms with Crippen molar-refractivity contribution in [2.75, 3.05) is 12.4 Å².